The van der Waals surface area contributed by atoms with Crippen LogP contribution in [0.3, 0.4) is 0 Å². The topological polar surface area (TPSA) is 15.3 Å². The van der Waals surface area contributed by atoms with Gasteiger partial charge in [0.25, 0.3) is 0 Å². The summed E-state index contributed by atoms with van der Waals surface area (Å²) in [5.74, 6) is 0. The fraction of sp³-hybridized carbons (Fsp3) is 0.571. The Kier molecular flexibility index (Phi) is 5.31. The first-order chi connectivity index (χ1) is 8.70. The van der Waals surface area contributed by atoms with Crippen LogP contribution in [0, 0.1) is 0 Å². The second kappa shape index (κ2) is 6.76. The second-order valence-electron chi connectivity index (χ2n) is 4.80. The standard InChI is InChI=1S/C14H20Cl2N2/c1-2-18-7-3-4-12(18)10-17-9-11-5-6-13(15)14(16)8-11/h5-6,8,12,17H,2-4,7,9-10H2,1H3/t12-/m0/s1. The highest BCUT2D eigenvalue weighted by molar-refractivity contribution is 6.42. The molecule has 1 aliphatic heterocycles. The summed E-state index contributed by atoms with van der Waals surface area (Å²) in [6.07, 6.45) is 2.63. The van der Waals surface area contributed by atoms with E-state index in [-0.39, 0.29) is 0 Å². The van der Waals surface area contributed by atoms with Gasteiger partial charge in [-0.1, -0.05) is 36.2 Å². The number of nitrogens with one attached hydrogen (secondary N) is 1. The maximum absolute atomic E-state index is 6.00. The van der Waals surface area contributed by atoms with E-state index in [4.69, 9.17) is 23.2 Å². The van der Waals surface area contributed by atoms with Gasteiger partial charge in [-0.05, 0) is 43.6 Å². The summed E-state index contributed by atoms with van der Waals surface area (Å²) < 4.78 is 0. The zero-order valence-electron chi connectivity index (χ0n) is 10.8. The summed E-state index contributed by atoms with van der Waals surface area (Å²) in [5, 5.41) is 4.76. The van der Waals surface area contributed by atoms with Crippen molar-refractivity contribution >= 4 is 23.2 Å². The number of nitrogens with zero attached hydrogens (tertiary/aromatic N) is 1. The van der Waals surface area contributed by atoms with Crippen LogP contribution >= 0.6 is 23.2 Å². The Morgan fingerprint density at radius 2 is 2.17 bits per heavy atom. The first-order valence-corrected chi connectivity index (χ1v) is 7.35. The Hall–Kier alpha value is -0.280. The van der Waals surface area contributed by atoms with Crippen LogP contribution in [0.5, 0.6) is 0 Å². The third-order valence-corrected chi connectivity index (χ3v) is 4.34. The average molecular weight is 287 g/mol. The molecule has 4 heteroatoms. The van der Waals surface area contributed by atoms with Crippen LogP contribution in [0.2, 0.25) is 10.0 Å². The van der Waals surface area contributed by atoms with E-state index in [0.717, 1.165) is 19.6 Å². The van der Waals surface area contributed by atoms with Crippen LogP contribution in [0.15, 0.2) is 18.2 Å². The van der Waals surface area contributed by atoms with E-state index in [9.17, 15) is 0 Å². The van der Waals surface area contributed by atoms with Gasteiger partial charge in [-0.3, -0.25) is 4.90 Å². The van der Waals surface area contributed by atoms with Gasteiger partial charge in [0, 0.05) is 19.1 Å². The molecule has 18 heavy (non-hydrogen) atoms. The van der Waals surface area contributed by atoms with Crippen LogP contribution in [-0.2, 0) is 6.54 Å². The summed E-state index contributed by atoms with van der Waals surface area (Å²) in [4.78, 5) is 2.54. The first-order valence-electron chi connectivity index (χ1n) is 6.59. The molecule has 0 spiro atoms. The van der Waals surface area contributed by atoms with E-state index < -0.39 is 0 Å². The van der Waals surface area contributed by atoms with Gasteiger partial charge in [-0.2, -0.15) is 0 Å². The predicted octanol–water partition coefficient (Wildman–Crippen LogP) is 3.57. The Morgan fingerprint density at radius 3 is 2.89 bits per heavy atom. The maximum Gasteiger partial charge on any atom is 0.0595 e. The van der Waals surface area contributed by atoms with E-state index in [1.165, 1.54) is 24.9 Å². The second-order valence-corrected chi connectivity index (χ2v) is 5.62. The Balaban J connectivity index is 1.79. The van der Waals surface area contributed by atoms with Crippen LogP contribution in [-0.4, -0.2) is 30.6 Å². The van der Waals surface area contributed by atoms with E-state index in [1.54, 1.807) is 0 Å². The summed E-state index contributed by atoms with van der Waals surface area (Å²) in [6, 6.07) is 6.50. The average Bonchev–Trinajstić information content (AvgIpc) is 2.81. The summed E-state index contributed by atoms with van der Waals surface area (Å²) in [6.45, 7) is 6.53. The Labute approximate surface area is 119 Å². The lowest BCUT2D eigenvalue weighted by Crippen LogP contribution is -2.37. The maximum atomic E-state index is 6.00. The molecule has 0 amide bonds. The van der Waals surface area contributed by atoms with Crippen molar-refractivity contribution in [3.05, 3.63) is 33.8 Å². The van der Waals surface area contributed by atoms with Crippen molar-refractivity contribution in [3.8, 4) is 0 Å². The van der Waals surface area contributed by atoms with E-state index in [2.05, 4.69) is 17.1 Å². The zero-order chi connectivity index (χ0) is 13.0. The molecular formula is C14H20Cl2N2. The first kappa shape index (κ1) is 14.1. The minimum atomic E-state index is 0.619. The fourth-order valence-corrected chi connectivity index (χ4v) is 2.90. The molecule has 0 radical (unpaired) electrons. The SMILES string of the molecule is CCN1CCC[C@H]1CNCc1ccc(Cl)c(Cl)c1. The van der Waals surface area contributed by atoms with Gasteiger partial charge in [-0.15, -0.1) is 0 Å². The lowest BCUT2D eigenvalue weighted by Gasteiger charge is -2.23. The Morgan fingerprint density at radius 1 is 1.33 bits per heavy atom. The largest absolute Gasteiger partial charge is 0.311 e. The molecule has 1 heterocycles. The van der Waals surface area contributed by atoms with Crippen LogP contribution in [0.25, 0.3) is 0 Å². The van der Waals surface area contributed by atoms with Crippen molar-refractivity contribution in [2.24, 2.45) is 0 Å². The van der Waals surface area contributed by atoms with E-state index >= 15 is 0 Å². The van der Waals surface area contributed by atoms with Crippen molar-refractivity contribution in [1.82, 2.24) is 10.2 Å². The number of hydrogen-bond donors (Lipinski definition) is 1. The molecule has 1 aliphatic rings. The minimum absolute atomic E-state index is 0.619. The van der Waals surface area contributed by atoms with Crippen LogP contribution in [0.4, 0.5) is 0 Å². The quantitative estimate of drug-likeness (QED) is 0.890. The molecule has 1 atom stereocenters. The van der Waals surface area contributed by atoms with Crippen molar-refractivity contribution in [2.75, 3.05) is 19.6 Å². The van der Waals surface area contributed by atoms with Gasteiger partial charge >= 0.3 is 0 Å². The summed E-state index contributed by atoms with van der Waals surface area (Å²) >= 11 is 11.9. The highest BCUT2D eigenvalue weighted by Crippen LogP contribution is 2.22. The van der Waals surface area contributed by atoms with Gasteiger partial charge in [0.15, 0.2) is 0 Å². The highest BCUT2D eigenvalue weighted by atomic mass is 35.5. The molecule has 2 nitrogen and oxygen atoms in total. The van der Waals surface area contributed by atoms with Gasteiger partial charge in [-0.25, -0.2) is 0 Å². The van der Waals surface area contributed by atoms with Crippen molar-refractivity contribution in [1.29, 1.82) is 0 Å². The summed E-state index contributed by atoms with van der Waals surface area (Å²) in [5.41, 5.74) is 1.19. The van der Waals surface area contributed by atoms with Crippen molar-refractivity contribution in [3.63, 3.8) is 0 Å². The molecular weight excluding hydrogens is 267 g/mol. The van der Waals surface area contributed by atoms with Gasteiger partial charge in [0.1, 0.15) is 0 Å². The molecule has 0 aliphatic carbocycles. The minimum Gasteiger partial charge on any atom is -0.311 e. The molecule has 0 saturated carbocycles. The molecule has 0 aromatic heterocycles. The predicted molar refractivity (Wildman–Crippen MR) is 78.4 cm³/mol. The monoisotopic (exact) mass is 286 g/mol. The molecule has 1 saturated heterocycles. The normalized spacial score (nSPS) is 20.5. The van der Waals surface area contributed by atoms with Crippen molar-refractivity contribution < 1.29 is 0 Å². The Bertz CT molecular complexity index is 395. The number of likely N-dealkylation sites (tertiary alicyclic amines) is 1. The molecule has 1 aromatic carbocycles. The van der Waals surface area contributed by atoms with Crippen LogP contribution < -0.4 is 5.32 Å². The lowest BCUT2D eigenvalue weighted by molar-refractivity contribution is 0.260. The third kappa shape index (κ3) is 3.61. The number of benzene rings is 1. The molecule has 1 N–H and O–H groups in total. The molecule has 0 bridgehead atoms. The molecule has 1 aromatic rings. The molecule has 100 valence electrons. The van der Waals surface area contributed by atoms with E-state index in [1.807, 2.05) is 18.2 Å². The number of hydrogen-bond acceptors (Lipinski definition) is 2. The lowest BCUT2D eigenvalue weighted by atomic mass is 10.2. The van der Waals surface area contributed by atoms with Gasteiger partial charge < -0.3 is 5.32 Å². The highest BCUT2D eigenvalue weighted by Gasteiger charge is 2.21. The smallest absolute Gasteiger partial charge is 0.0595 e. The van der Waals surface area contributed by atoms with E-state index in [0.29, 0.717) is 16.1 Å². The van der Waals surface area contributed by atoms with Crippen LogP contribution in [0.1, 0.15) is 25.3 Å². The van der Waals surface area contributed by atoms with Crippen molar-refractivity contribution in [2.45, 2.75) is 32.4 Å². The third-order valence-electron chi connectivity index (χ3n) is 3.60. The molecule has 0 unspecified atom stereocenters. The number of halogens is 2. The fourth-order valence-electron chi connectivity index (χ4n) is 2.58. The number of rotatable bonds is 5. The molecule has 2 rings (SSSR count). The number of likely N-dealkylation sites (N-methyl/N-ethyl adjacent to an activating group) is 1. The molecule has 1 fully saturated rings. The van der Waals surface area contributed by atoms with Gasteiger partial charge in [0.2, 0.25) is 0 Å². The van der Waals surface area contributed by atoms with Gasteiger partial charge in [0.05, 0.1) is 10.0 Å². The zero-order valence-corrected chi connectivity index (χ0v) is 12.3. The summed E-state index contributed by atoms with van der Waals surface area (Å²) in [7, 11) is 0.